The minimum Gasteiger partial charge on any atom is -0.364 e. The quantitative estimate of drug-likeness (QED) is 0.559. The monoisotopic (exact) mass is 384 g/mol. The third kappa shape index (κ3) is 3.34. The van der Waals surface area contributed by atoms with E-state index in [-0.39, 0.29) is 0 Å². The van der Waals surface area contributed by atoms with Crippen molar-refractivity contribution in [2.45, 2.75) is 13.1 Å². The number of benzene rings is 1. The van der Waals surface area contributed by atoms with Crippen LogP contribution in [0, 0.1) is 0 Å². The Kier molecular flexibility index (Phi) is 4.69. The van der Waals surface area contributed by atoms with Crippen LogP contribution < -0.4 is 5.32 Å². The molecule has 0 unspecified atom stereocenters. The number of fused-ring (bicyclic) bond motifs is 1. The number of imidazole rings is 1. The Labute approximate surface area is 160 Å². The maximum Gasteiger partial charge on any atom is 0.165 e. The van der Waals surface area contributed by atoms with Gasteiger partial charge < -0.3 is 9.88 Å². The van der Waals surface area contributed by atoms with Crippen LogP contribution in [0.3, 0.4) is 0 Å². The van der Waals surface area contributed by atoms with Crippen molar-refractivity contribution >= 4 is 29.0 Å². The van der Waals surface area contributed by atoms with Crippen LogP contribution >= 0.6 is 23.2 Å². The third-order valence-electron chi connectivity index (χ3n) is 4.00. The zero-order valence-corrected chi connectivity index (χ0v) is 15.1. The van der Waals surface area contributed by atoms with Gasteiger partial charge in [0.05, 0.1) is 12.9 Å². The second kappa shape index (κ2) is 7.27. The van der Waals surface area contributed by atoms with E-state index in [0.29, 0.717) is 40.5 Å². The minimum atomic E-state index is 0.464. The van der Waals surface area contributed by atoms with Crippen LogP contribution in [0.4, 0.5) is 5.82 Å². The van der Waals surface area contributed by atoms with Crippen molar-refractivity contribution in [1.29, 1.82) is 0 Å². The van der Waals surface area contributed by atoms with Crippen molar-refractivity contribution < 1.29 is 0 Å². The fourth-order valence-corrected chi connectivity index (χ4v) is 3.18. The molecule has 2 aliphatic heterocycles. The molecule has 1 N–H and O–H groups in total. The molecule has 130 valence electrons. The molecular formula is C18H14Cl2N6. The maximum absolute atomic E-state index is 6.28. The molecule has 0 atom stereocenters. The largest absolute Gasteiger partial charge is 0.364 e. The van der Waals surface area contributed by atoms with Gasteiger partial charge in [0.25, 0.3) is 0 Å². The van der Waals surface area contributed by atoms with E-state index >= 15 is 0 Å². The van der Waals surface area contributed by atoms with E-state index in [1.165, 1.54) is 6.33 Å². The predicted molar refractivity (Wildman–Crippen MR) is 102 cm³/mol. The summed E-state index contributed by atoms with van der Waals surface area (Å²) in [7, 11) is 0. The molecule has 0 saturated carbocycles. The number of nitrogens with zero attached hydrogens (tertiary/aromatic N) is 5. The number of hydrogen-bond acceptors (Lipinski definition) is 5. The first-order chi connectivity index (χ1) is 12.7. The molecule has 0 fully saturated rings. The highest BCUT2D eigenvalue weighted by Gasteiger charge is 2.18. The lowest BCUT2D eigenvalue weighted by Crippen LogP contribution is -2.11. The number of rotatable bonds is 5. The second-order valence-corrected chi connectivity index (χ2v) is 6.49. The molecule has 2 aliphatic rings. The predicted octanol–water partition coefficient (Wildman–Crippen LogP) is 4.14. The molecular weight excluding hydrogens is 371 g/mol. The van der Waals surface area contributed by atoms with Crippen molar-refractivity contribution in [2.75, 3.05) is 5.32 Å². The lowest BCUT2D eigenvalue weighted by Gasteiger charge is -2.15. The highest BCUT2D eigenvalue weighted by atomic mass is 35.5. The maximum atomic E-state index is 6.28. The van der Waals surface area contributed by atoms with Crippen molar-refractivity contribution in [3.63, 3.8) is 0 Å². The zero-order chi connectivity index (χ0) is 17.9. The Bertz CT molecular complexity index is 982. The van der Waals surface area contributed by atoms with Crippen molar-refractivity contribution in [1.82, 2.24) is 24.5 Å². The molecule has 0 spiro atoms. The van der Waals surface area contributed by atoms with E-state index in [1.54, 1.807) is 18.7 Å². The van der Waals surface area contributed by atoms with E-state index in [4.69, 9.17) is 23.2 Å². The fraction of sp³-hybridized carbons (Fsp3) is 0.111. The molecule has 1 aromatic carbocycles. The topological polar surface area (TPSA) is 68.5 Å². The van der Waals surface area contributed by atoms with Gasteiger partial charge in [0, 0.05) is 34.5 Å². The lowest BCUT2D eigenvalue weighted by molar-refractivity contribution is 0.761. The summed E-state index contributed by atoms with van der Waals surface area (Å²) in [5.74, 6) is 1.39. The normalized spacial score (nSPS) is 11.0. The van der Waals surface area contributed by atoms with Gasteiger partial charge in [0.1, 0.15) is 6.33 Å². The van der Waals surface area contributed by atoms with E-state index in [2.05, 4.69) is 25.3 Å². The summed E-state index contributed by atoms with van der Waals surface area (Å²) in [6, 6.07) is 9.35. The first kappa shape index (κ1) is 16.8. The lowest BCUT2D eigenvalue weighted by atomic mass is 10.2. The molecule has 0 amide bonds. The van der Waals surface area contributed by atoms with Gasteiger partial charge in [-0.15, -0.1) is 0 Å². The Morgan fingerprint density at radius 2 is 1.73 bits per heavy atom. The Balaban J connectivity index is 1.61. The first-order valence-corrected chi connectivity index (χ1v) is 8.69. The summed E-state index contributed by atoms with van der Waals surface area (Å²) < 4.78 is 1.88. The minimum absolute atomic E-state index is 0.464. The van der Waals surface area contributed by atoms with E-state index in [9.17, 15) is 0 Å². The summed E-state index contributed by atoms with van der Waals surface area (Å²) in [5.41, 5.74) is 2.63. The number of halogens is 2. The van der Waals surface area contributed by atoms with Gasteiger partial charge in [-0.3, -0.25) is 4.98 Å². The zero-order valence-electron chi connectivity index (χ0n) is 13.6. The van der Waals surface area contributed by atoms with Crippen LogP contribution in [0.1, 0.15) is 11.1 Å². The molecule has 4 rings (SSSR count). The van der Waals surface area contributed by atoms with Crippen molar-refractivity contribution in [3.05, 3.63) is 76.6 Å². The van der Waals surface area contributed by atoms with Crippen LogP contribution in [0.25, 0.3) is 11.5 Å². The fourth-order valence-electron chi connectivity index (χ4n) is 2.67. The van der Waals surface area contributed by atoms with Crippen LogP contribution in [0.2, 0.25) is 10.0 Å². The SMILES string of the molecule is Clc1cccc(Cl)c1Cn1cnc(NCc2ccncc2)c2ncnc1-2. The summed E-state index contributed by atoms with van der Waals surface area (Å²) >= 11 is 12.6. The molecule has 0 saturated heterocycles. The molecule has 6 nitrogen and oxygen atoms in total. The number of hydrogen-bond donors (Lipinski definition) is 1. The molecule has 0 bridgehead atoms. The van der Waals surface area contributed by atoms with Gasteiger partial charge in [-0.05, 0) is 29.8 Å². The van der Waals surface area contributed by atoms with Crippen LogP contribution in [-0.2, 0) is 13.1 Å². The number of aromatic nitrogens is 5. The van der Waals surface area contributed by atoms with Crippen LogP contribution in [0.5, 0.6) is 0 Å². The van der Waals surface area contributed by atoms with Crippen molar-refractivity contribution in [3.8, 4) is 11.5 Å². The Hall–Kier alpha value is -2.70. The van der Waals surface area contributed by atoms with Gasteiger partial charge in [0.15, 0.2) is 17.3 Å². The van der Waals surface area contributed by atoms with Gasteiger partial charge >= 0.3 is 0 Å². The van der Waals surface area contributed by atoms with Crippen LogP contribution in [-0.4, -0.2) is 24.5 Å². The first-order valence-electron chi connectivity index (χ1n) is 7.94. The van der Waals surface area contributed by atoms with Crippen LogP contribution in [0.15, 0.2) is 55.4 Å². The third-order valence-corrected chi connectivity index (χ3v) is 4.71. The molecule has 26 heavy (non-hydrogen) atoms. The van der Waals surface area contributed by atoms with E-state index < -0.39 is 0 Å². The molecule has 3 heterocycles. The van der Waals surface area contributed by atoms with Crippen molar-refractivity contribution in [2.24, 2.45) is 0 Å². The number of anilines is 1. The molecule has 0 aliphatic carbocycles. The summed E-state index contributed by atoms with van der Waals surface area (Å²) in [6.07, 6.45) is 6.75. The van der Waals surface area contributed by atoms with E-state index in [0.717, 1.165) is 11.1 Å². The summed E-state index contributed by atoms with van der Waals surface area (Å²) in [6.45, 7) is 1.09. The highest BCUT2D eigenvalue weighted by Crippen LogP contribution is 2.29. The average molecular weight is 385 g/mol. The van der Waals surface area contributed by atoms with E-state index in [1.807, 2.05) is 34.9 Å². The Morgan fingerprint density at radius 1 is 0.962 bits per heavy atom. The smallest absolute Gasteiger partial charge is 0.165 e. The standard InChI is InChI=1S/C18H14Cl2N6/c19-14-2-1-3-15(20)13(14)9-26-11-25-17(16-18(26)24-10-23-16)22-8-12-4-6-21-7-5-12/h1-7,10-11,22H,8-9H2. The number of pyridine rings is 1. The molecule has 1 aromatic heterocycles. The van der Waals surface area contributed by atoms with Gasteiger partial charge in [-0.25, -0.2) is 15.0 Å². The summed E-state index contributed by atoms with van der Waals surface area (Å²) in [5, 5.41) is 4.51. The number of nitrogens with one attached hydrogen (secondary N) is 1. The van der Waals surface area contributed by atoms with Gasteiger partial charge in [-0.2, -0.15) is 0 Å². The highest BCUT2D eigenvalue weighted by molar-refractivity contribution is 6.35. The summed E-state index contributed by atoms with van der Waals surface area (Å²) in [4.78, 5) is 17.2. The second-order valence-electron chi connectivity index (χ2n) is 5.68. The van der Waals surface area contributed by atoms with Gasteiger partial charge in [-0.1, -0.05) is 29.3 Å². The molecule has 2 aromatic rings. The Morgan fingerprint density at radius 3 is 2.50 bits per heavy atom. The van der Waals surface area contributed by atoms with Gasteiger partial charge in [0.2, 0.25) is 0 Å². The molecule has 0 radical (unpaired) electrons. The average Bonchev–Trinajstić information content (AvgIpc) is 3.15. The molecule has 8 heteroatoms.